The number of hydroxylamine groups is 1. The summed E-state index contributed by atoms with van der Waals surface area (Å²) < 4.78 is 13.0. The summed E-state index contributed by atoms with van der Waals surface area (Å²) in [6.07, 6.45) is 3.30. The van der Waals surface area contributed by atoms with Gasteiger partial charge >= 0.3 is 5.97 Å². The Morgan fingerprint density at radius 3 is 2.76 bits per heavy atom. The Labute approximate surface area is 170 Å². The second-order valence-corrected chi connectivity index (χ2v) is 8.72. The molecule has 0 amide bonds. The second kappa shape index (κ2) is 7.15. The highest BCUT2D eigenvalue weighted by molar-refractivity contribution is 5.99. The molecule has 2 aliphatic rings. The number of hydrogen-bond acceptors (Lipinski definition) is 5. The molecule has 7 heteroatoms. The van der Waals surface area contributed by atoms with Crippen LogP contribution in [0.2, 0.25) is 0 Å². The molecule has 1 saturated heterocycles. The van der Waals surface area contributed by atoms with Crippen LogP contribution in [0.1, 0.15) is 68.4 Å². The van der Waals surface area contributed by atoms with Crippen molar-refractivity contribution in [2.75, 3.05) is 13.2 Å². The number of amidine groups is 1. The molecule has 1 aliphatic heterocycles. The van der Waals surface area contributed by atoms with Gasteiger partial charge < -0.3 is 14.0 Å². The molecule has 1 atom stereocenters. The van der Waals surface area contributed by atoms with Crippen LogP contribution in [-0.4, -0.2) is 40.4 Å². The molecule has 0 radical (unpaired) electrons. The molecule has 1 aromatic carbocycles. The number of rotatable bonds is 5. The SMILES string of the molecule is CCOC(=O)c1cc2cc(C3CCOC(C)(C)C3)ccc2n1C1(C(=N)NO)CC1. The maximum Gasteiger partial charge on any atom is 0.355 e. The largest absolute Gasteiger partial charge is 0.461 e. The van der Waals surface area contributed by atoms with E-state index in [-0.39, 0.29) is 18.0 Å². The fraction of sp³-hybridized carbons (Fsp3) is 0.545. The van der Waals surface area contributed by atoms with E-state index < -0.39 is 11.5 Å². The highest BCUT2D eigenvalue weighted by atomic mass is 16.5. The standard InChI is InChI=1S/C22H29N3O4/c1-4-28-19(26)18-12-16-11-14(15-7-10-29-21(2,3)13-15)5-6-17(16)25(18)22(8-9-22)20(23)24-27/h5-6,11-12,15,27H,4,7-10,13H2,1-3H3,(H2,23,24). The van der Waals surface area contributed by atoms with Gasteiger partial charge in [0.25, 0.3) is 0 Å². The topological polar surface area (TPSA) is 96.6 Å². The van der Waals surface area contributed by atoms with Gasteiger partial charge in [0, 0.05) is 17.5 Å². The summed E-state index contributed by atoms with van der Waals surface area (Å²) in [5.41, 5.74) is 3.66. The lowest BCUT2D eigenvalue weighted by Crippen LogP contribution is -2.38. The zero-order chi connectivity index (χ0) is 20.8. The van der Waals surface area contributed by atoms with Crippen molar-refractivity contribution in [1.82, 2.24) is 10.0 Å². The van der Waals surface area contributed by atoms with Crippen molar-refractivity contribution >= 4 is 22.7 Å². The lowest BCUT2D eigenvalue weighted by molar-refractivity contribution is -0.0592. The molecule has 0 bridgehead atoms. The number of ether oxygens (including phenoxy) is 2. The Morgan fingerprint density at radius 2 is 2.14 bits per heavy atom. The van der Waals surface area contributed by atoms with E-state index in [0.717, 1.165) is 30.4 Å². The first-order valence-corrected chi connectivity index (χ1v) is 10.3. The van der Waals surface area contributed by atoms with E-state index in [1.165, 1.54) is 5.56 Å². The van der Waals surface area contributed by atoms with Gasteiger partial charge in [0.15, 0.2) is 0 Å². The molecule has 2 heterocycles. The number of aromatic nitrogens is 1. The van der Waals surface area contributed by atoms with Crippen molar-refractivity contribution in [3.05, 3.63) is 35.5 Å². The van der Waals surface area contributed by atoms with Gasteiger partial charge in [0.05, 0.1) is 12.2 Å². The Bertz CT molecular complexity index is 958. The Kier molecular flexibility index (Phi) is 4.91. The predicted octanol–water partition coefficient (Wildman–Crippen LogP) is 3.94. The Hall–Kier alpha value is -2.38. The van der Waals surface area contributed by atoms with Crippen LogP contribution in [0.3, 0.4) is 0 Å². The van der Waals surface area contributed by atoms with Crippen molar-refractivity contribution in [2.45, 2.75) is 63.5 Å². The van der Waals surface area contributed by atoms with Gasteiger partial charge in [-0.15, -0.1) is 0 Å². The van der Waals surface area contributed by atoms with Crippen molar-refractivity contribution < 1.29 is 19.5 Å². The average Bonchev–Trinajstić information content (AvgIpc) is 3.40. The van der Waals surface area contributed by atoms with Crippen molar-refractivity contribution in [3.63, 3.8) is 0 Å². The minimum atomic E-state index is -0.721. The molecule has 2 aromatic rings. The second-order valence-electron chi connectivity index (χ2n) is 8.72. The van der Waals surface area contributed by atoms with E-state index in [2.05, 4.69) is 26.0 Å². The molecule has 1 unspecified atom stereocenters. The number of hydrogen-bond donors (Lipinski definition) is 3. The van der Waals surface area contributed by atoms with Gasteiger partial charge in [0.1, 0.15) is 17.1 Å². The third-order valence-electron chi connectivity index (χ3n) is 6.21. The summed E-state index contributed by atoms with van der Waals surface area (Å²) in [7, 11) is 0. The number of carbonyl (C=O) groups excluding carboxylic acids is 1. The summed E-state index contributed by atoms with van der Waals surface area (Å²) in [6.45, 7) is 7.05. The molecule has 4 rings (SSSR count). The average molecular weight is 399 g/mol. The summed E-state index contributed by atoms with van der Waals surface area (Å²) in [4.78, 5) is 12.7. The van der Waals surface area contributed by atoms with Crippen molar-refractivity contribution in [2.24, 2.45) is 0 Å². The first-order chi connectivity index (χ1) is 13.8. The van der Waals surface area contributed by atoms with Gasteiger partial charge in [0.2, 0.25) is 0 Å². The van der Waals surface area contributed by atoms with Gasteiger partial charge in [-0.2, -0.15) is 0 Å². The molecular weight excluding hydrogens is 370 g/mol. The molecule has 1 aromatic heterocycles. The number of fused-ring (bicyclic) bond motifs is 1. The molecule has 156 valence electrons. The summed E-state index contributed by atoms with van der Waals surface area (Å²) >= 11 is 0. The van der Waals surface area contributed by atoms with E-state index in [4.69, 9.17) is 14.9 Å². The fourth-order valence-electron chi connectivity index (χ4n) is 4.63. The molecular formula is C22H29N3O4. The van der Waals surface area contributed by atoms with Crippen LogP contribution in [0.15, 0.2) is 24.3 Å². The normalized spacial score (nSPS) is 22.3. The van der Waals surface area contributed by atoms with E-state index in [1.807, 2.05) is 22.2 Å². The number of nitrogens with zero attached hydrogens (tertiary/aromatic N) is 1. The number of benzene rings is 1. The van der Waals surface area contributed by atoms with Crippen molar-refractivity contribution in [3.8, 4) is 0 Å². The van der Waals surface area contributed by atoms with E-state index in [0.29, 0.717) is 24.5 Å². The van der Waals surface area contributed by atoms with Crippen LogP contribution < -0.4 is 5.48 Å². The third-order valence-corrected chi connectivity index (χ3v) is 6.21. The quantitative estimate of drug-likeness (QED) is 0.306. The highest BCUT2D eigenvalue weighted by Crippen LogP contribution is 2.48. The summed E-state index contributed by atoms with van der Waals surface area (Å²) in [6, 6.07) is 8.14. The zero-order valence-corrected chi connectivity index (χ0v) is 17.2. The molecule has 0 spiro atoms. The van der Waals surface area contributed by atoms with Gasteiger partial charge in [-0.1, -0.05) is 6.07 Å². The van der Waals surface area contributed by atoms with Crippen LogP contribution >= 0.6 is 0 Å². The fourth-order valence-corrected chi connectivity index (χ4v) is 4.63. The molecule has 3 N–H and O–H groups in total. The molecule has 2 fully saturated rings. The molecule has 1 saturated carbocycles. The molecule has 7 nitrogen and oxygen atoms in total. The number of esters is 1. The van der Waals surface area contributed by atoms with Gasteiger partial charge in [-0.25, -0.2) is 4.79 Å². The first kappa shape index (κ1) is 19.9. The summed E-state index contributed by atoms with van der Waals surface area (Å²) in [5, 5.41) is 18.5. The number of carbonyl (C=O) groups is 1. The van der Waals surface area contributed by atoms with E-state index in [9.17, 15) is 10.0 Å². The van der Waals surface area contributed by atoms with Gasteiger partial charge in [-0.05, 0) is 76.1 Å². The molecule has 1 aliphatic carbocycles. The minimum absolute atomic E-state index is 0.00389. The lowest BCUT2D eigenvalue weighted by Gasteiger charge is -2.35. The maximum absolute atomic E-state index is 12.7. The van der Waals surface area contributed by atoms with Crippen molar-refractivity contribution in [1.29, 1.82) is 5.41 Å². The number of nitrogens with one attached hydrogen (secondary N) is 2. The first-order valence-electron chi connectivity index (χ1n) is 10.3. The third kappa shape index (κ3) is 3.42. The maximum atomic E-state index is 12.7. The Balaban J connectivity index is 1.80. The predicted molar refractivity (Wildman–Crippen MR) is 110 cm³/mol. The summed E-state index contributed by atoms with van der Waals surface area (Å²) in [5.74, 6) is -0.00453. The highest BCUT2D eigenvalue weighted by Gasteiger charge is 2.51. The van der Waals surface area contributed by atoms with E-state index >= 15 is 0 Å². The zero-order valence-electron chi connectivity index (χ0n) is 17.2. The van der Waals surface area contributed by atoms with E-state index in [1.54, 1.807) is 6.92 Å². The van der Waals surface area contributed by atoms with Gasteiger partial charge in [-0.3, -0.25) is 16.1 Å². The van der Waals surface area contributed by atoms with Crippen LogP contribution in [0.5, 0.6) is 0 Å². The Morgan fingerprint density at radius 1 is 1.38 bits per heavy atom. The monoisotopic (exact) mass is 399 g/mol. The van der Waals surface area contributed by atoms with Crippen LogP contribution in [0.25, 0.3) is 10.9 Å². The smallest absolute Gasteiger partial charge is 0.355 e. The minimum Gasteiger partial charge on any atom is -0.461 e. The van der Waals surface area contributed by atoms with Crippen LogP contribution in [0, 0.1) is 5.41 Å². The lowest BCUT2D eigenvalue weighted by atomic mass is 9.83. The van der Waals surface area contributed by atoms with Crippen LogP contribution in [-0.2, 0) is 15.0 Å². The van der Waals surface area contributed by atoms with Crippen LogP contribution in [0.4, 0.5) is 0 Å². The molecule has 29 heavy (non-hydrogen) atoms.